The molecule has 0 bridgehead atoms. The predicted octanol–water partition coefficient (Wildman–Crippen LogP) is 1.95. The summed E-state index contributed by atoms with van der Waals surface area (Å²) in [6, 6.07) is 4.97. The maximum atomic E-state index is 9.45. The quantitative estimate of drug-likeness (QED) is 0.814. The van der Waals surface area contributed by atoms with Gasteiger partial charge in [-0.1, -0.05) is 15.9 Å². The summed E-state index contributed by atoms with van der Waals surface area (Å²) in [5.41, 5.74) is 0.639. The van der Waals surface area contributed by atoms with E-state index < -0.39 is 0 Å². The van der Waals surface area contributed by atoms with Crippen molar-refractivity contribution in [2.45, 2.75) is 13.0 Å². The number of aliphatic hydroxyl groups is 1. The molecule has 0 saturated carbocycles. The lowest BCUT2D eigenvalue weighted by Gasteiger charge is -2.01. The molecule has 0 unspecified atom stereocenters. The summed E-state index contributed by atoms with van der Waals surface area (Å²) in [7, 11) is 0. The van der Waals surface area contributed by atoms with Gasteiger partial charge < -0.3 is 10.2 Å². The molecule has 0 heterocycles. The molecule has 1 aromatic rings. The molecule has 0 aliphatic heterocycles. The molecule has 0 amide bonds. The second kappa shape index (κ2) is 5.12. The number of hydrogen-bond donors (Lipinski definition) is 2. The van der Waals surface area contributed by atoms with Crippen LogP contribution < -0.4 is 0 Å². The van der Waals surface area contributed by atoms with Gasteiger partial charge in [0, 0.05) is 16.3 Å². The van der Waals surface area contributed by atoms with E-state index in [9.17, 15) is 5.11 Å². The molecule has 0 fully saturated rings. The van der Waals surface area contributed by atoms with E-state index in [0.717, 1.165) is 4.47 Å². The third-order valence-electron chi connectivity index (χ3n) is 1.72. The summed E-state index contributed by atoms with van der Waals surface area (Å²) >= 11 is 3.30. The van der Waals surface area contributed by atoms with Gasteiger partial charge in [-0.3, -0.25) is 4.99 Å². The second-order valence-corrected chi connectivity index (χ2v) is 3.93. The van der Waals surface area contributed by atoms with Crippen molar-refractivity contribution < 1.29 is 10.2 Å². The van der Waals surface area contributed by atoms with Crippen LogP contribution in [0.15, 0.2) is 27.7 Å². The lowest BCUT2D eigenvalue weighted by Crippen LogP contribution is -2.03. The number of aliphatic hydroxyl groups excluding tert-OH is 1. The smallest absolute Gasteiger partial charge is 0.124 e. The highest BCUT2D eigenvalue weighted by Gasteiger charge is 1.99. The topological polar surface area (TPSA) is 52.8 Å². The Hall–Kier alpha value is -0.870. The predicted molar refractivity (Wildman–Crippen MR) is 59.9 cm³/mol. The number of phenols is 1. The van der Waals surface area contributed by atoms with Crippen LogP contribution in [0.2, 0.25) is 0 Å². The number of halogens is 1. The van der Waals surface area contributed by atoms with Gasteiger partial charge in [0.05, 0.1) is 12.6 Å². The number of aromatic hydroxyl groups is 1. The van der Waals surface area contributed by atoms with E-state index in [4.69, 9.17) is 5.11 Å². The van der Waals surface area contributed by atoms with Gasteiger partial charge in [0.2, 0.25) is 0 Å². The molecule has 1 aromatic carbocycles. The van der Waals surface area contributed by atoms with Crippen molar-refractivity contribution in [2.75, 3.05) is 6.61 Å². The van der Waals surface area contributed by atoms with Gasteiger partial charge in [0.1, 0.15) is 5.75 Å². The van der Waals surface area contributed by atoms with E-state index in [2.05, 4.69) is 20.9 Å². The van der Waals surface area contributed by atoms with Crippen molar-refractivity contribution in [3.8, 4) is 5.75 Å². The maximum absolute atomic E-state index is 9.45. The third kappa shape index (κ3) is 3.12. The molecule has 76 valence electrons. The number of nitrogens with zero attached hydrogens (tertiary/aromatic N) is 1. The largest absolute Gasteiger partial charge is 0.507 e. The minimum Gasteiger partial charge on any atom is -0.507 e. The maximum Gasteiger partial charge on any atom is 0.124 e. The van der Waals surface area contributed by atoms with Crippen molar-refractivity contribution in [3.05, 3.63) is 28.2 Å². The number of benzene rings is 1. The molecule has 0 aliphatic carbocycles. The fourth-order valence-electron chi connectivity index (χ4n) is 0.883. The Kier molecular flexibility index (Phi) is 4.10. The zero-order valence-corrected chi connectivity index (χ0v) is 9.40. The molecule has 1 rings (SSSR count). The van der Waals surface area contributed by atoms with Crippen LogP contribution in [0.5, 0.6) is 5.75 Å². The minimum absolute atomic E-state index is 0.00522. The molecule has 0 radical (unpaired) electrons. The highest BCUT2D eigenvalue weighted by molar-refractivity contribution is 9.10. The van der Waals surface area contributed by atoms with Crippen LogP contribution in [0.3, 0.4) is 0 Å². The number of hydrogen-bond acceptors (Lipinski definition) is 3. The van der Waals surface area contributed by atoms with Gasteiger partial charge in [-0.2, -0.15) is 0 Å². The Morgan fingerprint density at radius 2 is 2.29 bits per heavy atom. The van der Waals surface area contributed by atoms with Gasteiger partial charge in [-0.25, -0.2) is 0 Å². The first-order valence-electron chi connectivity index (χ1n) is 4.26. The van der Waals surface area contributed by atoms with Gasteiger partial charge in [-0.15, -0.1) is 0 Å². The van der Waals surface area contributed by atoms with E-state index >= 15 is 0 Å². The molecule has 3 nitrogen and oxygen atoms in total. The fraction of sp³-hybridized carbons (Fsp3) is 0.300. The van der Waals surface area contributed by atoms with Crippen molar-refractivity contribution in [3.63, 3.8) is 0 Å². The third-order valence-corrected chi connectivity index (χ3v) is 2.22. The Bertz CT molecular complexity index is 339. The average Bonchev–Trinajstić information content (AvgIpc) is 2.19. The first-order chi connectivity index (χ1) is 6.63. The zero-order valence-electron chi connectivity index (χ0n) is 7.81. The monoisotopic (exact) mass is 257 g/mol. The van der Waals surface area contributed by atoms with Crippen LogP contribution in [0, 0.1) is 0 Å². The Labute approximate surface area is 91.2 Å². The van der Waals surface area contributed by atoms with Crippen LogP contribution >= 0.6 is 15.9 Å². The number of phenolic OH excluding ortho intramolecular Hbond substituents is 1. The summed E-state index contributed by atoms with van der Waals surface area (Å²) in [4.78, 5) is 4.06. The van der Waals surface area contributed by atoms with Gasteiger partial charge in [-0.05, 0) is 25.1 Å². The lowest BCUT2D eigenvalue weighted by atomic mass is 10.2. The van der Waals surface area contributed by atoms with E-state index in [0.29, 0.717) is 5.56 Å². The summed E-state index contributed by atoms with van der Waals surface area (Å²) < 4.78 is 0.883. The van der Waals surface area contributed by atoms with Crippen LogP contribution in [0.1, 0.15) is 12.5 Å². The van der Waals surface area contributed by atoms with Crippen LogP contribution in [0.25, 0.3) is 0 Å². The summed E-state index contributed by atoms with van der Waals surface area (Å²) in [5, 5.41) is 18.2. The molecule has 0 saturated heterocycles. The lowest BCUT2D eigenvalue weighted by molar-refractivity contribution is 0.275. The SMILES string of the molecule is C[C@@H](CO)N=Cc1cc(Br)ccc1O. The van der Waals surface area contributed by atoms with E-state index in [1.54, 1.807) is 31.3 Å². The van der Waals surface area contributed by atoms with Crippen LogP contribution in [0.4, 0.5) is 0 Å². The minimum atomic E-state index is -0.145. The summed E-state index contributed by atoms with van der Waals surface area (Å²) in [6.07, 6.45) is 1.56. The Balaban J connectivity index is 2.85. The Morgan fingerprint density at radius 3 is 2.93 bits per heavy atom. The van der Waals surface area contributed by atoms with Crippen molar-refractivity contribution in [1.82, 2.24) is 0 Å². The molecule has 0 aromatic heterocycles. The summed E-state index contributed by atoms with van der Waals surface area (Å²) in [5.74, 6) is 0.182. The van der Waals surface area contributed by atoms with Gasteiger partial charge in [0.25, 0.3) is 0 Å². The first-order valence-corrected chi connectivity index (χ1v) is 5.05. The molecule has 4 heteroatoms. The highest BCUT2D eigenvalue weighted by atomic mass is 79.9. The van der Waals surface area contributed by atoms with Crippen molar-refractivity contribution >= 4 is 22.1 Å². The van der Waals surface area contributed by atoms with Crippen LogP contribution in [-0.4, -0.2) is 29.1 Å². The summed E-state index contributed by atoms with van der Waals surface area (Å²) in [6.45, 7) is 1.80. The molecular formula is C10H12BrNO2. The molecular weight excluding hydrogens is 246 g/mol. The van der Waals surface area contributed by atoms with Crippen molar-refractivity contribution in [2.24, 2.45) is 4.99 Å². The standard InChI is InChI=1S/C10H12BrNO2/c1-7(6-13)12-5-8-4-9(11)2-3-10(8)14/h2-5,7,13-14H,6H2,1H3/t7-/m0/s1. The second-order valence-electron chi connectivity index (χ2n) is 3.01. The van der Waals surface area contributed by atoms with E-state index in [-0.39, 0.29) is 18.4 Å². The van der Waals surface area contributed by atoms with Crippen molar-refractivity contribution in [1.29, 1.82) is 0 Å². The van der Waals surface area contributed by atoms with Gasteiger partial charge in [0.15, 0.2) is 0 Å². The van der Waals surface area contributed by atoms with Gasteiger partial charge >= 0.3 is 0 Å². The average molecular weight is 258 g/mol. The van der Waals surface area contributed by atoms with E-state index in [1.165, 1.54) is 0 Å². The molecule has 2 N–H and O–H groups in total. The molecule has 14 heavy (non-hydrogen) atoms. The molecule has 0 aliphatic rings. The first kappa shape index (κ1) is 11.2. The van der Waals surface area contributed by atoms with Crippen LogP contribution in [-0.2, 0) is 0 Å². The molecule has 1 atom stereocenters. The Morgan fingerprint density at radius 1 is 1.57 bits per heavy atom. The molecule has 0 spiro atoms. The number of rotatable bonds is 3. The highest BCUT2D eigenvalue weighted by Crippen LogP contribution is 2.20. The van der Waals surface area contributed by atoms with E-state index in [1.807, 2.05) is 0 Å². The zero-order chi connectivity index (χ0) is 10.6. The normalized spacial score (nSPS) is 13.4. The number of aliphatic imine (C=N–C) groups is 1. The fourth-order valence-corrected chi connectivity index (χ4v) is 1.26.